The molecule has 0 saturated heterocycles. The van der Waals surface area contributed by atoms with Crippen LogP contribution in [0.1, 0.15) is 44.2 Å². The molecule has 1 aliphatic carbocycles. The van der Waals surface area contributed by atoms with Gasteiger partial charge < -0.3 is 4.90 Å². The Morgan fingerprint density at radius 3 is 2.84 bits per heavy atom. The molecule has 160 valence electrons. The summed E-state index contributed by atoms with van der Waals surface area (Å²) < 4.78 is 2.27. The van der Waals surface area contributed by atoms with Crippen molar-refractivity contribution in [1.29, 1.82) is 0 Å². The summed E-state index contributed by atoms with van der Waals surface area (Å²) in [4.78, 5) is 19.2. The first-order valence-electron chi connectivity index (χ1n) is 11.1. The molecule has 31 heavy (non-hydrogen) atoms. The molecule has 1 amide bonds. The van der Waals surface area contributed by atoms with E-state index >= 15 is 0 Å². The zero-order valence-electron chi connectivity index (χ0n) is 17.8. The topological polar surface area (TPSA) is 63.9 Å². The summed E-state index contributed by atoms with van der Waals surface area (Å²) in [6, 6.07) is 12.5. The Kier molecular flexibility index (Phi) is 5.76. The Hall–Kier alpha value is -2.67. The van der Waals surface area contributed by atoms with Gasteiger partial charge in [0.25, 0.3) is 0 Å². The highest BCUT2D eigenvalue weighted by Gasteiger charge is 2.30. The van der Waals surface area contributed by atoms with Gasteiger partial charge in [-0.15, -0.1) is 10.2 Å². The van der Waals surface area contributed by atoms with Crippen LogP contribution in [0.4, 0.5) is 5.69 Å². The molecular formula is C24H27N5OS. The number of benzene rings is 1. The Morgan fingerprint density at radius 1 is 1.13 bits per heavy atom. The van der Waals surface area contributed by atoms with Gasteiger partial charge >= 0.3 is 0 Å². The Labute approximate surface area is 187 Å². The third kappa shape index (κ3) is 3.99. The molecule has 6 nitrogen and oxygen atoms in total. The molecular weight excluding hydrogens is 406 g/mol. The maximum atomic E-state index is 13.0. The van der Waals surface area contributed by atoms with E-state index in [0.717, 1.165) is 41.6 Å². The maximum Gasteiger partial charge on any atom is 0.237 e. The van der Waals surface area contributed by atoms with Crippen molar-refractivity contribution in [1.82, 2.24) is 19.7 Å². The van der Waals surface area contributed by atoms with Gasteiger partial charge in [0.1, 0.15) is 0 Å². The predicted octanol–water partition coefficient (Wildman–Crippen LogP) is 4.77. The van der Waals surface area contributed by atoms with Crippen molar-refractivity contribution in [2.75, 3.05) is 17.2 Å². The van der Waals surface area contributed by atoms with Crippen LogP contribution in [-0.2, 0) is 11.2 Å². The fourth-order valence-electron chi connectivity index (χ4n) is 4.85. The van der Waals surface area contributed by atoms with Crippen LogP contribution in [0.5, 0.6) is 0 Å². The normalized spacial score (nSPS) is 20.6. The van der Waals surface area contributed by atoms with Gasteiger partial charge in [0.15, 0.2) is 11.0 Å². The third-order valence-corrected chi connectivity index (χ3v) is 7.42. The van der Waals surface area contributed by atoms with E-state index in [9.17, 15) is 4.79 Å². The van der Waals surface area contributed by atoms with Gasteiger partial charge in [0.05, 0.1) is 5.75 Å². The first kappa shape index (κ1) is 20.2. The van der Waals surface area contributed by atoms with Gasteiger partial charge in [-0.2, -0.15) is 0 Å². The lowest BCUT2D eigenvalue weighted by Crippen LogP contribution is -2.30. The molecule has 2 aromatic heterocycles. The molecule has 1 aromatic carbocycles. The van der Waals surface area contributed by atoms with E-state index in [0.29, 0.717) is 17.7 Å². The lowest BCUT2D eigenvalue weighted by molar-refractivity contribution is -0.116. The van der Waals surface area contributed by atoms with E-state index in [-0.39, 0.29) is 5.91 Å². The second-order valence-corrected chi connectivity index (χ2v) is 9.40. The number of hydrogen-bond acceptors (Lipinski definition) is 5. The van der Waals surface area contributed by atoms with Crippen LogP contribution in [0.3, 0.4) is 0 Å². The smallest absolute Gasteiger partial charge is 0.237 e. The van der Waals surface area contributed by atoms with E-state index in [1.807, 2.05) is 41.4 Å². The first-order valence-corrected chi connectivity index (χ1v) is 12.1. The van der Waals surface area contributed by atoms with Crippen LogP contribution in [-0.4, -0.2) is 38.0 Å². The molecule has 5 rings (SSSR count). The molecule has 0 radical (unpaired) electrons. The molecule has 1 aliphatic heterocycles. The summed E-state index contributed by atoms with van der Waals surface area (Å²) in [5, 5.41) is 9.89. The quantitative estimate of drug-likeness (QED) is 0.542. The first-order chi connectivity index (χ1) is 15.2. The molecule has 7 heteroatoms. The summed E-state index contributed by atoms with van der Waals surface area (Å²) in [5.41, 5.74) is 3.27. The monoisotopic (exact) mass is 433 g/mol. The van der Waals surface area contributed by atoms with Gasteiger partial charge in [-0.1, -0.05) is 49.7 Å². The highest BCUT2D eigenvalue weighted by atomic mass is 32.2. The molecule has 1 fully saturated rings. The highest BCUT2D eigenvalue weighted by Crippen LogP contribution is 2.39. The molecule has 1 saturated carbocycles. The van der Waals surface area contributed by atoms with Gasteiger partial charge in [0.2, 0.25) is 5.91 Å². The van der Waals surface area contributed by atoms with Crippen LogP contribution in [0.15, 0.2) is 53.9 Å². The number of carbonyl (C=O) groups excluding carboxylic acids is 1. The largest absolute Gasteiger partial charge is 0.311 e. The molecule has 2 atom stereocenters. The number of thioether (sulfide) groups is 1. The number of aromatic nitrogens is 4. The zero-order valence-corrected chi connectivity index (χ0v) is 18.6. The lowest BCUT2D eigenvalue weighted by Gasteiger charge is -2.31. The molecule has 3 aromatic rings. The number of nitrogens with zero attached hydrogens (tertiary/aromatic N) is 5. The van der Waals surface area contributed by atoms with E-state index in [1.165, 1.54) is 36.6 Å². The number of para-hydroxylation sites is 1. The minimum atomic E-state index is 0.129. The van der Waals surface area contributed by atoms with Crippen LogP contribution < -0.4 is 4.90 Å². The van der Waals surface area contributed by atoms with Crippen molar-refractivity contribution in [2.24, 2.45) is 5.92 Å². The zero-order chi connectivity index (χ0) is 21.2. The second kappa shape index (κ2) is 8.83. The average Bonchev–Trinajstić information content (AvgIpc) is 3.43. The maximum absolute atomic E-state index is 13.0. The van der Waals surface area contributed by atoms with Gasteiger partial charge in [-0.25, -0.2) is 0 Å². The summed E-state index contributed by atoms with van der Waals surface area (Å²) in [7, 11) is 0. The standard InChI is InChI=1S/C24H27N5OS/c1-17-7-2-4-10-20(17)29-23(19-9-6-13-25-15-19)26-27-24(29)31-16-22(30)28-14-12-18-8-3-5-11-21(18)28/h3,5-6,8-9,11,13,15,17,20H,2,4,7,10,12,14,16H2,1H3/t17-,20+/m0/s1. The van der Waals surface area contributed by atoms with Gasteiger partial charge in [-0.05, 0) is 48.9 Å². The summed E-state index contributed by atoms with van der Waals surface area (Å²) in [5.74, 6) is 1.90. The molecule has 0 spiro atoms. The number of hydrogen-bond donors (Lipinski definition) is 0. The Morgan fingerprint density at radius 2 is 2.00 bits per heavy atom. The summed E-state index contributed by atoms with van der Waals surface area (Å²) in [6.07, 6.45) is 9.36. The summed E-state index contributed by atoms with van der Waals surface area (Å²) in [6.45, 7) is 3.07. The predicted molar refractivity (Wildman–Crippen MR) is 123 cm³/mol. The van der Waals surface area contributed by atoms with Crippen LogP contribution in [0, 0.1) is 5.92 Å². The van der Waals surface area contributed by atoms with Crippen molar-refractivity contribution >= 4 is 23.4 Å². The fraction of sp³-hybridized carbons (Fsp3) is 0.417. The van der Waals surface area contributed by atoms with Crippen LogP contribution >= 0.6 is 11.8 Å². The minimum Gasteiger partial charge on any atom is -0.311 e. The molecule has 0 bridgehead atoms. The number of pyridine rings is 1. The Bertz CT molecular complexity index is 1070. The lowest BCUT2D eigenvalue weighted by atomic mass is 9.85. The average molecular weight is 434 g/mol. The summed E-state index contributed by atoms with van der Waals surface area (Å²) >= 11 is 1.51. The SMILES string of the molecule is C[C@H]1CCCC[C@H]1n1c(SCC(=O)N2CCc3ccccc32)nnc1-c1cccnc1. The molecule has 0 unspecified atom stereocenters. The highest BCUT2D eigenvalue weighted by molar-refractivity contribution is 7.99. The van der Waals surface area contributed by atoms with Gasteiger partial charge in [0, 0.05) is 36.2 Å². The number of carbonyl (C=O) groups is 1. The van der Waals surface area contributed by atoms with E-state index < -0.39 is 0 Å². The molecule has 3 heterocycles. The Balaban J connectivity index is 1.40. The van der Waals surface area contributed by atoms with Crippen molar-refractivity contribution in [3.63, 3.8) is 0 Å². The minimum absolute atomic E-state index is 0.129. The van der Waals surface area contributed by atoms with E-state index in [2.05, 4.69) is 32.7 Å². The third-order valence-electron chi connectivity index (χ3n) is 6.50. The number of amides is 1. The van der Waals surface area contributed by atoms with Crippen molar-refractivity contribution in [3.05, 3.63) is 54.4 Å². The molecule has 0 N–H and O–H groups in total. The fourth-order valence-corrected chi connectivity index (χ4v) is 5.72. The number of rotatable bonds is 5. The van der Waals surface area contributed by atoms with Crippen molar-refractivity contribution in [3.8, 4) is 11.4 Å². The van der Waals surface area contributed by atoms with Crippen LogP contribution in [0.2, 0.25) is 0 Å². The number of anilines is 1. The van der Waals surface area contributed by atoms with Crippen LogP contribution in [0.25, 0.3) is 11.4 Å². The van der Waals surface area contributed by atoms with E-state index in [4.69, 9.17) is 0 Å². The molecule has 2 aliphatic rings. The number of fused-ring (bicyclic) bond motifs is 1. The van der Waals surface area contributed by atoms with Crippen molar-refractivity contribution in [2.45, 2.75) is 50.2 Å². The van der Waals surface area contributed by atoms with Gasteiger partial charge in [-0.3, -0.25) is 14.3 Å². The second-order valence-electron chi connectivity index (χ2n) is 8.46. The van der Waals surface area contributed by atoms with E-state index in [1.54, 1.807) is 6.20 Å². The van der Waals surface area contributed by atoms with Crippen molar-refractivity contribution < 1.29 is 4.79 Å².